The van der Waals surface area contributed by atoms with E-state index in [-0.39, 0.29) is 16.6 Å². The number of hydrogen-bond donors (Lipinski definition) is 3. The minimum absolute atomic E-state index is 0.0954. The molecule has 2 aromatic rings. The lowest BCUT2D eigenvalue weighted by Gasteiger charge is -2.18. The Morgan fingerprint density at radius 2 is 1.42 bits per heavy atom. The number of amides is 2. The first kappa shape index (κ1) is 23.9. The average molecular weight is 446 g/mol. The van der Waals surface area contributed by atoms with E-state index in [4.69, 9.17) is 26.4 Å². The number of hydrogen-bond acceptors (Lipinski definition) is 6. The van der Waals surface area contributed by atoms with Crippen molar-refractivity contribution in [2.24, 2.45) is 5.41 Å². The van der Waals surface area contributed by atoms with Crippen LogP contribution in [0.4, 0.5) is 11.4 Å². The van der Waals surface area contributed by atoms with Crippen molar-refractivity contribution in [3.8, 4) is 17.2 Å². The summed E-state index contributed by atoms with van der Waals surface area (Å²) in [7, 11) is 4.42. The van der Waals surface area contributed by atoms with Crippen molar-refractivity contribution in [3.05, 3.63) is 42.0 Å². The molecule has 0 aliphatic rings. The number of rotatable bonds is 6. The molecule has 0 aliphatic carbocycles. The zero-order valence-electron chi connectivity index (χ0n) is 18.4. The summed E-state index contributed by atoms with van der Waals surface area (Å²) in [4.78, 5) is 24.8. The van der Waals surface area contributed by atoms with Crippen molar-refractivity contribution in [3.63, 3.8) is 0 Å². The zero-order chi connectivity index (χ0) is 23.2. The molecule has 0 aliphatic heterocycles. The molecule has 9 heteroatoms. The van der Waals surface area contributed by atoms with E-state index in [2.05, 4.69) is 16.0 Å². The third kappa shape index (κ3) is 6.32. The van der Waals surface area contributed by atoms with Gasteiger partial charge in [0.2, 0.25) is 11.7 Å². The zero-order valence-corrected chi connectivity index (χ0v) is 19.2. The Morgan fingerprint density at radius 1 is 0.871 bits per heavy atom. The van der Waals surface area contributed by atoms with Crippen molar-refractivity contribution in [1.29, 1.82) is 0 Å². The predicted octanol–water partition coefficient (Wildman–Crippen LogP) is 3.82. The van der Waals surface area contributed by atoms with E-state index in [1.165, 1.54) is 33.5 Å². The number of methoxy groups -OCH3 is 3. The molecule has 2 amide bonds. The second-order valence-electron chi connectivity index (χ2n) is 7.61. The van der Waals surface area contributed by atoms with Crippen LogP contribution >= 0.6 is 12.2 Å². The van der Waals surface area contributed by atoms with Crippen LogP contribution < -0.4 is 30.2 Å². The van der Waals surface area contributed by atoms with E-state index < -0.39 is 11.3 Å². The van der Waals surface area contributed by atoms with E-state index in [1.807, 2.05) is 20.8 Å². The highest BCUT2D eigenvalue weighted by atomic mass is 32.1. The molecule has 0 aromatic heterocycles. The highest BCUT2D eigenvalue weighted by Crippen LogP contribution is 2.38. The smallest absolute Gasteiger partial charge is 0.257 e. The Bertz CT molecular complexity index is 960. The van der Waals surface area contributed by atoms with Crippen LogP contribution in [0.25, 0.3) is 0 Å². The fourth-order valence-electron chi connectivity index (χ4n) is 2.54. The monoisotopic (exact) mass is 445 g/mol. The number of carbonyl (C=O) groups is 2. The van der Waals surface area contributed by atoms with Crippen LogP contribution in [0, 0.1) is 5.41 Å². The van der Waals surface area contributed by atoms with Gasteiger partial charge in [-0.05, 0) is 42.5 Å². The van der Waals surface area contributed by atoms with E-state index in [0.717, 1.165) is 0 Å². The van der Waals surface area contributed by atoms with Gasteiger partial charge in [-0.15, -0.1) is 0 Å². The van der Waals surface area contributed by atoms with Gasteiger partial charge in [0.1, 0.15) is 0 Å². The molecule has 0 spiro atoms. The maximum absolute atomic E-state index is 12.7. The highest BCUT2D eigenvalue weighted by Gasteiger charge is 2.21. The Hall–Kier alpha value is -3.33. The molecule has 2 rings (SSSR count). The molecular formula is C22H27N3O5S. The van der Waals surface area contributed by atoms with Gasteiger partial charge in [-0.1, -0.05) is 26.8 Å². The normalized spacial score (nSPS) is 10.6. The molecule has 3 N–H and O–H groups in total. The standard InChI is InChI=1S/C22H27N3O5S/c1-22(2,3)20(27)23-14-8-7-9-15(12-14)24-21(31)25-19(26)13-10-16(28-4)18(30-6)17(11-13)29-5/h7-12H,1-6H3,(H,23,27)(H2,24,25,26,31). The first-order valence-electron chi connectivity index (χ1n) is 9.43. The third-order valence-electron chi connectivity index (χ3n) is 4.21. The third-order valence-corrected chi connectivity index (χ3v) is 4.42. The van der Waals surface area contributed by atoms with Gasteiger partial charge in [0, 0.05) is 22.4 Å². The number of anilines is 2. The summed E-state index contributed by atoms with van der Waals surface area (Å²) in [6.45, 7) is 5.49. The summed E-state index contributed by atoms with van der Waals surface area (Å²) in [5, 5.41) is 8.49. The van der Waals surface area contributed by atoms with E-state index in [9.17, 15) is 9.59 Å². The maximum Gasteiger partial charge on any atom is 0.257 e. The molecule has 0 saturated carbocycles. The highest BCUT2D eigenvalue weighted by molar-refractivity contribution is 7.80. The molecule has 166 valence electrons. The molecule has 0 unspecified atom stereocenters. The van der Waals surface area contributed by atoms with Crippen LogP contribution in [0.2, 0.25) is 0 Å². The minimum Gasteiger partial charge on any atom is -0.493 e. The summed E-state index contributed by atoms with van der Waals surface area (Å²) in [6.07, 6.45) is 0. The first-order chi connectivity index (χ1) is 14.6. The fraction of sp³-hybridized carbons (Fsp3) is 0.318. The van der Waals surface area contributed by atoms with Crippen molar-refractivity contribution >= 4 is 40.5 Å². The lowest BCUT2D eigenvalue weighted by molar-refractivity contribution is -0.123. The van der Waals surface area contributed by atoms with Gasteiger partial charge in [-0.3, -0.25) is 14.9 Å². The van der Waals surface area contributed by atoms with Crippen LogP contribution in [0.1, 0.15) is 31.1 Å². The molecule has 0 saturated heterocycles. The first-order valence-corrected chi connectivity index (χ1v) is 9.83. The van der Waals surface area contributed by atoms with E-state index in [0.29, 0.717) is 28.6 Å². The topological polar surface area (TPSA) is 97.9 Å². The van der Waals surface area contributed by atoms with Crippen LogP contribution in [-0.2, 0) is 4.79 Å². The van der Waals surface area contributed by atoms with Crippen molar-refractivity contribution in [2.75, 3.05) is 32.0 Å². The second-order valence-corrected chi connectivity index (χ2v) is 8.02. The molecule has 0 radical (unpaired) electrons. The van der Waals surface area contributed by atoms with Crippen LogP contribution in [0.3, 0.4) is 0 Å². The summed E-state index contributed by atoms with van der Waals surface area (Å²) in [6, 6.07) is 10.1. The van der Waals surface area contributed by atoms with Gasteiger partial charge in [0.05, 0.1) is 21.3 Å². The van der Waals surface area contributed by atoms with Gasteiger partial charge in [0.15, 0.2) is 16.6 Å². The maximum atomic E-state index is 12.7. The molecule has 2 aromatic carbocycles. The number of ether oxygens (including phenoxy) is 3. The summed E-state index contributed by atoms with van der Waals surface area (Å²) in [5.41, 5.74) is 0.989. The SMILES string of the molecule is COc1cc(C(=O)NC(=S)Nc2cccc(NC(=O)C(C)(C)C)c2)cc(OC)c1OC. The number of carbonyl (C=O) groups excluding carboxylic acids is 2. The molecule has 0 atom stereocenters. The van der Waals surface area contributed by atoms with Gasteiger partial charge in [-0.25, -0.2) is 0 Å². The molecule has 0 fully saturated rings. The van der Waals surface area contributed by atoms with Crippen molar-refractivity contribution in [2.45, 2.75) is 20.8 Å². The Labute approximate surface area is 187 Å². The van der Waals surface area contributed by atoms with Crippen LogP contribution in [-0.4, -0.2) is 38.3 Å². The number of benzene rings is 2. The average Bonchev–Trinajstić information content (AvgIpc) is 2.71. The quantitative estimate of drug-likeness (QED) is 0.582. The molecule has 31 heavy (non-hydrogen) atoms. The summed E-state index contributed by atoms with van der Waals surface area (Å²) >= 11 is 5.26. The lowest BCUT2D eigenvalue weighted by atomic mass is 9.95. The van der Waals surface area contributed by atoms with E-state index in [1.54, 1.807) is 24.3 Å². The number of thiocarbonyl (C=S) groups is 1. The van der Waals surface area contributed by atoms with Gasteiger partial charge in [-0.2, -0.15) is 0 Å². The molecule has 0 bridgehead atoms. The molecule has 8 nitrogen and oxygen atoms in total. The summed E-state index contributed by atoms with van der Waals surface area (Å²) in [5.74, 6) is 0.537. The number of nitrogens with one attached hydrogen (secondary N) is 3. The molecular weight excluding hydrogens is 418 g/mol. The van der Waals surface area contributed by atoms with Gasteiger partial charge >= 0.3 is 0 Å². The van der Waals surface area contributed by atoms with Crippen molar-refractivity contribution < 1.29 is 23.8 Å². The summed E-state index contributed by atoms with van der Waals surface area (Å²) < 4.78 is 15.8. The van der Waals surface area contributed by atoms with Crippen LogP contribution in [0.5, 0.6) is 17.2 Å². The fourth-order valence-corrected chi connectivity index (χ4v) is 2.75. The largest absolute Gasteiger partial charge is 0.493 e. The minimum atomic E-state index is -0.521. The Kier molecular flexibility index (Phi) is 7.82. The Balaban J connectivity index is 2.10. The predicted molar refractivity (Wildman–Crippen MR) is 124 cm³/mol. The second kappa shape index (κ2) is 10.1. The van der Waals surface area contributed by atoms with Gasteiger partial charge in [0.25, 0.3) is 5.91 Å². The van der Waals surface area contributed by atoms with Crippen LogP contribution in [0.15, 0.2) is 36.4 Å². The van der Waals surface area contributed by atoms with Crippen molar-refractivity contribution in [1.82, 2.24) is 5.32 Å². The van der Waals surface area contributed by atoms with Gasteiger partial charge < -0.3 is 24.8 Å². The molecule has 0 heterocycles. The van der Waals surface area contributed by atoms with E-state index >= 15 is 0 Å². The lowest BCUT2D eigenvalue weighted by Crippen LogP contribution is -2.34. The Morgan fingerprint density at radius 3 is 1.90 bits per heavy atom.